The maximum absolute atomic E-state index is 12.3. The Balaban J connectivity index is 1.27. The number of anilines is 1. The highest BCUT2D eigenvalue weighted by molar-refractivity contribution is 6.01. The van der Waals surface area contributed by atoms with Crippen molar-refractivity contribution in [1.82, 2.24) is 9.55 Å². The average Bonchev–Trinajstić information content (AvgIpc) is 3.41. The van der Waals surface area contributed by atoms with Crippen LogP contribution in [-0.2, 0) is 0 Å². The molecule has 160 valence electrons. The first-order valence-corrected chi connectivity index (χ1v) is 11.3. The summed E-state index contributed by atoms with van der Waals surface area (Å²) in [7, 11) is 0. The maximum Gasteiger partial charge on any atom is 0.164 e. The Morgan fingerprint density at radius 2 is 1.87 bits per heavy atom. The van der Waals surface area contributed by atoms with Crippen LogP contribution in [0.1, 0.15) is 54.6 Å². The van der Waals surface area contributed by atoms with Crippen LogP contribution in [0.5, 0.6) is 0 Å². The third kappa shape index (κ3) is 3.57. The first kappa shape index (κ1) is 20.0. The van der Waals surface area contributed by atoms with Crippen molar-refractivity contribution in [2.75, 3.05) is 18.0 Å². The molecule has 31 heavy (non-hydrogen) atoms. The second kappa shape index (κ2) is 8.31. The minimum Gasteiger partial charge on any atom is -0.393 e. The van der Waals surface area contributed by atoms with Gasteiger partial charge in [0.05, 0.1) is 30.4 Å². The highest BCUT2D eigenvalue weighted by Crippen LogP contribution is 2.42. The summed E-state index contributed by atoms with van der Waals surface area (Å²) in [6, 6.07) is 16.5. The smallest absolute Gasteiger partial charge is 0.164 e. The van der Waals surface area contributed by atoms with Crippen LogP contribution in [-0.4, -0.2) is 39.6 Å². The van der Waals surface area contributed by atoms with Crippen molar-refractivity contribution in [3.63, 3.8) is 0 Å². The van der Waals surface area contributed by atoms with Crippen LogP contribution < -0.4 is 4.90 Å². The molecule has 0 bridgehead atoms. The molecule has 2 aliphatic heterocycles. The predicted octanol–water partition coefficient (Wildman–Crippen LogP) is 4.71. The van der Waals surface area contributed by atoms with Gasteiger partial charge >= 0.3 is 0 Å². The van der Waals surface area contributed by atoms with Gasteiger partial charge in [-0.1, -0.05) is 43.3 Å². The van der Waals surface area contributed by atoms with Gasteiger partial charge < -0.3 is 14.6 Å². The highest BCUT2D eigenvalue weighted by atomic mass is 16.3. The molecule has 5 rings (SSSR count). The summed E-state index contributed by atoms with van der Waals surface area (Å²) >= 11 is 0. The molecule has 0 aliphatic carbocycles. The van der Waals surface area contributed by atoms with E-state index < -0.39 is 0 Å². The molecule has 2 aromatic carbocycles. The number of hydrogen-bond donors (Lipinski definition) is 1. The van der Waals surface area contributed by atoms with Gasteiger partial charge in [0.2, 0.25) is 0 Å². The molecule has 2 aliphatic rings. The fraction of sp³-hybridized carbons (Fsp3) is 0.385. The molecule has 3 aromatic rings. The standard InChI is InChI=1S/C26H29N3O2/c1-2-25(30)21-9-5-6-10-22(21)28-13-11-18(12-14-28)26(31)15-23-19-7-3-4-8-20(19)24-16-27-17-29(23)24/h3-10,16-18,23,26,31H,2,11-15H2,1H3/t23-,26-/m1/s1. The van der Waals surface area contributed by atoms with Gasteiger partial charge in [0.1, 0.15) is 0 Å². The van der Waals surface area contributed by atoms with Crippen molar-refractivity contribution >= 4 is 11.5 Å². The second-order valence-corrected chi connectivity index (χ2v) is 8.71. The molecule has 5 nitrogen and oxygen atoms in total. The van der Waals surface area contributed by atoms with E-state index in [0.29, 0.717) is 12.8 Å². The van der Waals surface area contributed by atoms with E-state index in [0.717, 1.165) is 42.9 Å². The lowest BCUT2D eigenvalue weighted by molar-refractivity contribution is 0.0756. The van der Waals surface area contributed by atoms with E-state index in [1.54, 1.807) is 0 Å². The van der Waals surface area contributed by atoms with E-state index >= 15 is 0 Å². The molecule has 0 unspecified atom stereocenters. The topological polar surface area (TPSA) is 58.4 Å². The van der Waals surface area contributed by atoms with E-state index in [1.807, 2.05) is 37.6 Å². The summed E-state index contributed by atoms with van der Waals surface area (Å²) in [5.41, 5.74) is 5.50. The molecule has 1 saturated heterocycles. The van der Waals surface area contributed by atoms with Crippen molar-refractivity contribution in [3.05, 3.63) is 72.2 Å². The van der Waals surface area contributed by atoms with Crippen LogP contribution in [0.25, 0.3) is 11.3 Å². The van der Waals surface area contributed by atoms with E-state index in [4.69, 9.17) is 0 Å². The van der Waals surface area contributed by atoms with Gasteiger partial charge in [0.25, 0.3) is 0 Å². The lowest BCUT2D eigenvalue weighted by atomic mass is 9.86. The Bertz CT molecular complexity index is 1080. The summed E-state index contributed by atoms with van der Waals surface area (Å²) in [5, 5.41) is 11.2. The van der Waals surface area contributed by atoms with Gasteiger partial charge in [-0.2, -0.15) is 0 Å². The van der Waals surface area contributed by atoms with Crippen molar-refractivity contribution in [2.24, 2.45) is 5.92 Å². The number of imidazole rings is 1. The molecule has 0 amide bonds. The second-order valence-electron chi connectivity index (χ2n) is 8.71. The Hall–Kier alpha value is -2.92. The van der Waals surface area contributed by atoms with Crippen molar-refractivity contribution in [2.45, 2.75) is 44.8 Å². The minimum absolute atomic E-state index is 0.143. The van der Waals surface area contributed by atoms with Crippen LogP contribution in [0.4, 0.5) is 5.69 Å². The number of aliphatic hydroxyl groups excluding tert-OH is 1. The Labute approximate surface area is 183 Å². The minimum atomic E-state index is -0.360. The molecule has 0 radical (unpaired) electrons. The first-order chi connectivity index (χ1) is 15.2. The van der Waals surface area contributed by atoms with E-state index in [9.17, 15) is 9.90 Å². The number of ketones is 1. The monoisotopic (exact) mass is 415 g/mol. The molecule has 3 heterocycles. The van der Waals surface area contributed by atoms with Crippen molar-refractivity contribution in [1.29, 1.82) is 0 Å². The largest absolute Gasteiger partial charge is 0.393 e. The Kier molecular flexibility index (Phi) is 5.36. The third-order valence-corrected chi connectivity index (χ3v) is 7.01. The van der Waals surface area contributed by atoms with E-state index in [-0.39, 0.29) is 23.8 Å². The van der Waals surface area contributed by atoms with Crippen molar-refractivity contribution < 1.29 is 9.90 Å². The van der Waals surface area contributed by atoms with Crippen molar-refractivity contribution in [3.8, 4) is 11.3 Å². The zero-order valence-electron chi connectivity index (χ0n) is 17.9. The van der Waals surface area contributed by atoms with Gasteiger partial charge in [-0.3, -0.25) is 4.79 Å². The number of hydrogen-bond acceptors (Lipinski definition) is 4. The van der Waals surface area contributed by atoms with Crippen LogP contribution >= 0.6 is 0 Å². The number of aliphatic hydroxyl groups is 1. The van der Waals surface area contributed by atoms with Crippen LogP contribution in [0.15, 0.2) is 61.1 Å². The zero-order chi connectivity index (χ0) is 21.4. The van der Waals surface area contributed by atoms with E-state index in [1.165, 1.54) is 11.1 Å². The number of nitrogens with zero attached hydrogens (tertiary/aromatic N) is 3. The molecule has 0 saturated carbocycles. The number of aromatic nitrogens is 2. The lowest BCUT2D eigenvalue weighted by Gasteiger charge is -2.37. The van der Waals surface area contributed by atoms with Gasteiger partial charge in [-0.05, 0) is 42.9 Å². The number of piperidine rings is 1. The fourth-order valence-electron chi connectivity index (χ4n) is 5.29. The number of benzene rings is 2. The molecular formula is C26H29N3O2. The molecule has 1 aromatic heterocycles. The number of para-hydroxylation sites is 1. The lowest BCUT2D eigenvalue weighted by Crippen LogP contribution is -2.39. The number of carbonyl (C=O) groups is 1. The normalized spacial score (nSPS) is 19.2. The number of Topliss-reactive ketones (excluding diaryl/α,β-unsaturated/α-hetero) is 1. The SMILES string of the molecule is CCC(=O)c1ccccc1N1CCC([C@H](O)C[C@@H]2c3ccccc3-c3cncn32)CC1. The quantitative estimate of drug-likeness (QED) is 0.592. The molecule has 1 fully saturated rings. The number of rotatable bonds is 6. The third-order valence-electron chi connectivity index (χ3n) is 7.01. The van der Waals surface area contributed by atoms with Crippen LogP contribution in [0, 0.1) is 5.92 Å². The maximum atomic E-state index is 12.3. The summed E-state index contributed by atoms with van der Waals surface area (Å²) in [4.78, 5) is 19.0. The Morgan fingerprint density at radius 3 is 2.68 bits per heavy atom. The highest BCUT2D eigenvalue weighted by Gasteiger charge is 2.33. The summed E-state index contributed by atoms with van der Waals surface area (Å²) in [6.45, 7) is 3.65. The molecule has 0 spiro atoms. The first-order valence-electron chi connectivity index (χ1n) is 11.3. The van der Waals surface area contributed by atoms with Gasteiger partial charge in [0, 0.05) is 36.3 Å². The Morgan fingerprint density at radius 1 is 1.13 bits per heavy atom. The zero-order valence-corrected chi connectivity index (χ0v) is 17.9. The summed E-state index contributed by atoms with van der Waals surface area (Å²) in [6.07, 6.45) is 6.53. The molecular weight excluding hydrogens is 386 g/mol. The van der Waals surface area contributed by atoms with Gasteiger partial charge in [-0.25, -0.2) is 4.98 Å². The molecule has 5 heteroatoms. The molecule has 2 atom stereocenters. The molecule has 1 N–H and O–H groups in total. The summed E-state index contributed by atoms with van der Waals surface area (Å²) < 4.78 is 2.20. The van der Waals surface area contributed by atoms with Gasteiger partial charge in [0.15, 0.2) is 5.78 Å². The van der Waals surface area contributed by atoms with Crippen LogP contribution in [0.3, 0.4) is 0 Å². The van der Waals surface area contributed by atoms with Gasteiger partial charge in [-0.15, -0.1) is 0 Å². The van der Waals surface area contributed by atoms with E-state index in [2.05, 4.69) is 44.8 Å². The fourth-order valence-corrected chi connectivity index (χ4v) is 5.29. The number of fused-ring (bicyclic) bond motifs is 3. The summed E-state index contributed by atoms with van der Waals surface area (Å²) in [5.74, 6) is 0.457. The average molecular weight is 416 g/mol. The predicted molar refractivity (Wildman–Crippen MR) is 122 cm³/mol. The number of carbonyl (C=O) groups excluding carboxylic acids is 1. The van der Waals surface area contributed by atoms with Crippen LogP contribution in [0.2, 0.25) is 0 Å².